The van der Waals surface area contributed by atoms with Crippen LogP contribution in [0.5, 0.6) is 0 Å². The molecule has 0 amide bonds. The minimum atomic E-state index is 0.0293. The van der Waals surface area contributed by atoms with E-state index >= 15 is 0 Å². The van der Waals surface area contributed by atoms with Gasteiger partial charge in [-0.3, -0.25) is 0 Å². The van der Waals surface area contributed by atoms with E-state index in [1.54, 1.807) is 0 Å². The third-order valence-corrected chi connectivity index (χ3v) is 5.13. The lowest BCUT2D eigenvalue weighted by atomic mass is 9.82. The Labute approximate surface area is 117 Å². The molecule has 1 aliphatic rings. The normalized spacial score (nSPS) is 34.7. The molecule has 1 rings (SSSR count). The van der Waals surface area contributed by atoms with Crippen molar-refractivity contribution in [2.75, 3.05) is 11.8 Å². The molecular weight excluding hydrogens is 311 g/mol. The summed E-state index contributed by atoms with van der Waals surface area (Å²) in [5.41, 5.74) is 0. The summed E-state index contributed by atoms with van der Waals surface area (Å²) in [5.74, 6) is 2.56. The van der Waals surface area contributed by atoms with Gasteiger partial charge in [-0.1, -0.05) is 29.8 Å². The highest BCUT2D eigenvalue weighted by atomic mass is 79.9. The zero-order valence-corrected chi connectivity index (χ0v) is 13.1. The van der Waals surface area contributed by atoms with Crippen molar-refractivity contribution < 1.29 is 4.74 Å². The zero-order valence-electron chi connectivity index (χ0n) is 9.96. The van der Waals surface area contributed by atoms with Gasteiger partial charge in [0.05, 0.1) is 17.0 Å². The highest BCUT2D eigenvalue weighted by molar-refractivity contribution is 9.09. The van der Waals surface area contributed by atoms with Crippen molar-refractivity contribution in [3.05, 3.63) is 0 Å². The zero-order chi connectivity index (χ0) is 12.1. The molecule has 4 heteroatoms. The summed E-state index contributed by atoms with van der Waals surface area (Å²) in [6.45, 7) is 4.60. The van der Waals surface area contributed by atoms with E-state index in [4.69, 9.17) is 27.9 Å². The smallest absolute Gasteiger partial charge is 0.0850 e. The first kappa shape index (κ1) is 15.1. The Morgan fingerprint density at radius 1 is 1.12 bits per heavy atom. The molecule has 0 aliphatic heterocycles. The van der Waals surface area contributed by atoms with Crippen molar-refractivity contribution in [3.8, 4) is 0 Å². The van der Waals surface area contributed by atoms with E-state index in [1.807, 2.05) is 0 Å². The summed E-state index contributed by atoms with van der Waals surface area (Å²) in [6, 6.07) is 0. The summed E-state index contributed by atoms with van der Waals surface area (Å²) in [7, 11) is 0. The van der Waals surface area contributed by atoms with Crippen LogP contribution in [0.2, 0.25) is 0 Å². The third-order valence-electron chi connectivity index (χ3n) is 3.21. The molecule has 1 fully saturated rings. The van der Waals surface area contributed by atoms with E-state index < -0.39 is 0 Å². The van der Waals surface area contributed by atoms with Gasteiger partial charge in [0.1, 0.15) is 0 Å². The summed E-state index contributed by atoms with van der Waals surface area (Å²) in [6.07, 6.45) is 4.01. The molecule has 0 aromatic heterocycles. The lowest BCUT2D eigenvalue weighted by Gasteiger charge is -2.34. The standard InChI is InChI=1S/C12H21BrCl2O/c1-8-3-9(2)5-10(4-8)16-12(7-15)11(13)6-14/h8-12H,3-7H2,1-2H3. The number of hydrogen-bond donors (Lipinski definition) is 0. The van der Waals surface area contributed by atoms with Crippen LogP contribution in [0.1, 0.15) is 33.1 Å². The van der Waals surface area contributed by atoms with Crippen molar-refractivity contribution in [1.29, 1.82) is 0 Å². The summed E-state index contributed by atoms with van der Waals surface area (Å²) >= 11 is 15.3. The van der Waals surface area contributed by atoms with E-state index in [0.717, 1.165) is 24.7 Å². The maximum Gasteiger partial charge on any atom is 0.0850 e. The van der Waals surface area contributed by atoms with Gasteiger partial charge in [-0.05, 0) is 31.1 Å². The largest absolute Gasteiger partial charge is 0.373 e. The van der Waals surface area contributed by atoms with Gasteiger partial charge >= 0.3 is 0 Å². The molecule has 0 aromatic rings. The van der Waals surface area contributed by atoms with Crippen molar-refractivity contribution in [2.24, 2.45) is 11.8 Å². The fraction of sp³-hybridized carbons (Fsp3) is 1.00. The Hall–Kier alpha value is 1.02. The Morgan fingerprint density at radius 3 is 2.12 bits per heavy atom. The van der Waals surface area contributed by atoms with Gasteiger partial charge in [0.2, 0.25) is 0 Å². The summed E-state index contributed by atoms with van der Waals surface area (Å²) in [5, 5.41) is 0. The van der Waals surface area contributed by atoms with Crippen molar-refractivity contribution in [2.45, 2.75) is 50.1 Å². The maximum atomic E-state index is 6.07. The lowest BCUT2D eigenvalue weighted by Crippen LogP contribution is -2.35. The van der Waals surface area contributed by atoms with Gasteiger partial charge in [0.25, 0.3) is 0 Å². The fourth-order valence-electron chi connectivity index (χ4n) is 2.55. The molecule has 1 nitrogen and oxygen atoms in total. The monoisotopic (exact) mass is 330 g/mol. The highest BCUT2D eigenvalue weighted by Crippen LogP contribution is 2.31. The molecule has 96 valence electrons. The van der Waals surface area contributed by atoms with Gasteiger partial charge in [-0.2, -0.15) is 0 Å². The SMILES string of the molecule is CC1CC(C)CC(OC(CCl)C(Br)CCl)C1. The number of halogens is 3. The highest BCUT2D eigenvalue weighted by Gasteiger charge is 2.28. The van der Waals surface area contributed by atoms with E-state index in [9.17, 15) is 0 Å². The van der Waals surface area contributed by atoms with Crippen LogP contribution in [0.15, 0.2) is 0 Å². The van der Waals surface area contributed by atoms with Crippen molar-refractivity contribution in [1.82, 2.24) is 0 Å². The molecule has 0 spiro atoms. The number of alkyl halides is 3. The second-order valence-electron chi connectivity index (χ2n) is 5.04. The van der Waals surface area contributed by atoms with Crippen LogP contribution in [0.3, 0.4) is 0 Å². The van der Waals surface area contributed by atoms with Crippen LogP contribution in [-0.4, -0.2) is 28.8 Å². The molecule has 4 atom stereocenters. The molecule has 1 aliphatic carbocycles. The predicted molar refractivity (Wildman–Crippen MR) is 75.0 cm³/mol. The van der Waals surface area contributed by atoms with Gasteiger partial charge < -0.3 is 4.74 Å². The van der Waals surface area contributed by atoms with E-state index in [1.165, 1.54) is 6.42 Å². The molecule has 0 heterocycles. The van der Waals surface area contributed by atoms with E-state index in [2.05, 4.69) is 29.8 Å². The topological polar surface area (TPSA) is 9.23 Å². The predicted octanol–water partition coefficient (Wildman–Crippen LogP) is 4.44. The van der Waals surface area contributed by atoms with Crippen LogP contribution in [0.25, 0.3) is 0 Å². The Bertz CT molecular complexity index is 193. The van der Waals surface area contributed by atoms with Crippen LogP contribution < -0.4 is 0 Å². The third kappa shape index (κ3) is 4.72. The molecule has 1 saturated carbocycles. The molecule has 0 aromatic carbocycles. The number of rotatable bonds is 5. The van der Waals surface area contributed by atoms with Gasteiger partial charge in [-0.15, -0.1) is 23.2 Å². The Morgan fingerprint density at radius 2 is 1.69 bits per heavy atom. The molecule has 0 radical (unpaired) electrons. The van der Waals surface area contributed by atoms with Crippen molar-refractivity contribution in [3.63, 3.8) is 0 Å². The fourth-order valence-corrected chi connectivity index (χ4v) is 3.56. The average molecular weight is 332 g/mol. The number of ether oxygens (including phenoxy) is 1. The van der Waals surface area contributed by atoms with Gasteiger partial charge in [-0.25, -0.2) is 0 Å². The van der Waals surface area contributed by atoms with Crippen LogP contribution in [0, 0.1) is 11.8 Å². The lowest BCUT2D eigenvalue weighted by molar-refractivity contribution is -0.0374. The van der Waals surface area contributed by atoms with Gasteiger partial charge in [0.15, 0.2) is 0 Å². The maximum absolute atomic E-state index is 6.07. The second kappa shape index (κ2) is 7.45. The Balaban J connectivity index is 2.44. The molecular formula is C12H21BrCl2O. The van der Waals surface area contributed by atoms with Gasteiger partial charge in [0, 0.05) is 11.8 Å². The summed E-state index contributed by atoms with van der Waals surface area (Å²) in [4.78, 5) is 0.152. The number of hydrogen-bond acceptors (Lipinski definition) is 1. The first-order valence-electron chi connectivity index (χ1n) is 5.98. The molecule has 0 bridgehead atoms. The average Bonchev–Trinajstić information content (AvgIpc) is 2.23. The molecule has 4 unspecified atom stereocenters. The first-order chi connectivity index (χ1) is 7.56. The van der Waals surface area contributed by atoms with Crippen LogP contribution >= 0.6 is 39.1 Å². The molecule has 0 N–H and O–H groups in total. The first-order valence-corrected chi connectivity index (χ1v) is 7.96. The summed E-state index contributed by atoms with van der Waals surface area (Å²) < 4.78 is 6.07. The van der Waals surface area contributed by atoms with E-state index in [-0.39, 0.29) is 10.9 Å². The molecule has 16 heavy (non-hydrogen) atoms. The quantitative estimate of drug-likeness (QED) is 0.677. The van der Waals surface area contributed by atoms with E-state index in [0.29, 0.717) is 17.9 Å². The Kier molecular flexibility index (Phi) is 7.02. The minimum absolute atomic E-state index is 0.0293. The van der Waals surface area contributed by atoms with Crippen LogP contribution in [-0.2, 0) is 4.74 Å². The van der Waals surface area contributed by atoms with Crippen LogP contribution in [0.4, 0.5) is 0 Å². The molecule has 0 saturated heterocycles. The minimum Gasteiger partial charge on any atom is -0.373 e. The second-order valence-corrected chi connectivity index (χ2v) is 6.83. The van der Waals surface area contributed by atoms with Crippen molar-refractivity contribution >= 4 is 39.1 Å².